The summed E-state index contributed by atoms with van der Waals surface area (Å²) in [5, 5.41) is 6.82. The molecule has 1 saturated heterocycles. The lowest BCUT2D eigenvalue weighted by atomic mass is 10.0. The molecule has 1 aromatic rings. The van der Waals surface area contributed by atoms with E-state index in [-0.39, 0.29) is 30.0 Å². The molecule has 28 heavy (non-hydrogen) atoms. The van der Waals surface area contributed by atoms with Crippen LogP contribution in [0.2, 0.25) is 0 Å². The smallest absolute Gasteiger partial charge is 0.191 e. The van der Waals surface area contributed by atoms with Gasteiger partial charge in [-0.1, -0.05) is 26.0 Å². The Hall–Kier alpha value is -1.06. The Bertz CT molecular complexity index is 560. The zero-order valence-electron chi connectivity index (χ0n) is 17.7. The summed E-state index contributed by atoms with van der Waals surface area (Å²) in [5.41, 5.74) is 1.26. The Morgan fingerprint density at radius 2 is 1.86 bits per heavy atom. The third-order valence-electron chi connectivity index (χ3n) is 4.77. The number of benzene rings is 1. The van der Waals surface area contributed by atoms with Gasteiger partial charge in [-0.25, -0.2) is 0 Å². The molecule has 6 nitrogen and oxygen atoms in total. The summed E-state index contributed by atoms with van der Waals surface area (Å²) in [6.45, 7) is 12.5. The van der Waals surface area contributed by atoms with Crippen molar-refractivity contribution in [2.24, 2.45) is 10.9 Å². The maximum atomic E-state index is 5.54. The van der Waals surface area contributed by atoms with Crippen molar-refractivity contribution in [1.82, 2.24) is 15.5 Å². The fourth-order valence-electron chi connectivity index (χ4n) is 3.15. The number of morpholine rings is 1. The van der Waals surface area contributed by atoms with E-state index in [0.717, 1.165) is 57.5 Å². The second-order valence-corrected chi connectivity index (χ2v) is 7.27. The van der Waals surface area contributed by atoms with Gasteiger partial charge in [0.05, 0.1) is 32.9 Å². The minimum absolute atomic E-state index is 0. The van der Waals surface area contributed by atoms with Gasteiger partial charge in [0.25, 0.3) is 0 Å². The average molecular weight is 504 g/mol. The standard InChI is InChI=1S/C21H36N4O2.HI/c1-5-22-21(23-11-10-17(2)3)24-16-20(25-12-14-27-15-13-25)18-6-8-19(26-4)9-7-18;/h6-9,17,20H,5,10-16H2,1-4H3,(H2,22,23,24);1H. The summed E-state index contributed by atoms with van der Waals surface area (Å²) >= 11 is 0. The van der Waals surface area contributed by atoms with Crippen LogP contribution in [0.1, 0.15) is 38.8 Å². The Balaban J connectivity index is 0.00000392. The van der Waals surface area contributed by atoms with Gasteiger partial charge in [-0.05, 0) is 37.0 Å². The number of guanidine groups is 1. The first-order valence-corrected chi connectivity index (χ1v) is 10.1. The van der Waals surface area contributed by atoms with Crippen LogP contribution < -0.4 is 15.4 Å². The summed E-state index contributed by atoms with van der Waals surface area (Å²) < 4.78 is 10.8. The zero-order valence-corrected chi connectivity index (χ0v) is 20.1. The molecular weight excluding hydrogens is 467 g/mol. The fourth-order valence-corrected chi connectivity index (χ4v) is 3.15. The molecule has 0 aliphatic carbocycles. The minimum atomic E-state index is 0. The van der Waals surface area contributed by atoms with E-state index in [0.29, 0.717) is 12.5 Å². The van der Waals surface area contributed by atoms with E-state index < -0.39 is 0 Å². The monoisotopic (exact) mass is 504 g/mol. The SMILES string of the molecule is CCNC(=NCC(c1ccc(OC)cc1)N1CCOCC1)NCCC(C)C.I. The van der Waals surface area contributed by atoms with E-state index >= 15 is 0 Å². The second-order valence-electron chi connectivity index (χ2n) is 7.27. The van der Waals surface area contributed by atoms with Crippen LogP contribution in [0, 0.1) is 5.92 Å². The molecular formula is C21H37IN4O2. The molecule has 1 atom stereocenters. The Morgan fingerprint density at radius 1 is 1.18 bits per heavy atom. The first-order chi connectivity index (χ1) is 13.1. The van der Waals surface area contributed by atoms with Crippen LogP contribution in [0.25, 0.3) is 0 Å². The molecule has 1 aliphatic rings. The Kier molecular flexibility index (Phi) is 12.5. The van der Waals surface area contributed by atoms with Crippen LogP contribution in [0.15, 0.2) is 29.3 Å². The predicted octanol–water partition coefficient (Wildman–Crippen LogP) is 3.29. The largest absolute Gasteiger partial charge is 0.497 e. The molecule has 160 valence electrons. The highest BCUT2D eigenvalue weighted by Crippen LogP contribution is 2.24. The maximum Gasteiger partial charge on any atom is 0.191 e. The molecule has 0 saturated carbocycles. The number of ether oxygens (including phenoxy) is 2. The third kappa shape index (κ3) is 8.53. The summed E-state index contributed by atoms with van der Waals surface area (Å²) in [4.78, 5) is 7.35. The van der Waals surface area contributed by atoms with Gasteiger partial charge >= 0.3 is 0 Å². The van der Waals surface area contributed by atoms with Gasteiger partial charge in [0.1, 0.15) is 5.75 Å². The molecule has 2 rings (SSSR count). The average Bonchev–Trinajstić information content (AvgIpc) is 2.69. The van der Waals surface area contributed by atoms with Gasteiger partial charge in [0.2, 0.25) is 0 Å². The molecule has 0 aromatic heterocycles. The van der Waals surface area contributed by atoms with Gasteiger partial charge in [0.15, 0.2) is 5.96 Å². The van der Waals surface area contributed by atoms with Crippen molar-refractivity contribution in [3.05, 3.63) is 29.8 Å². The molecule has 1 aromatic carbocycles. The topological polar surface area (TPSA) is 58.1 Å². The van der Waals surface area contributed by atoms with Gasteiger partial charge in [0, 0.05) is 26.2 Å². The van der Waals surface area contributed by atoms with E-state index in [2.05, 4.69) is 48.4 Å². The lowest BCUT2D eigenvalue weighted by Crippen LogP contribution is -2.42. The van der Waals surface area contributed by atoms with Crippen LogP contribution in [0.4, 0.5) is 0 Å². The number of nitrogens with one attached hydrogen (secondary N) is 2. The van der Waals surface area contributed by atoms with Gasteiger partial charge in [-0.15, -0.1) is 24.0 Å². The number of rotatable bonds is 9. The van der Waals surface area contributed by atoms with Gasteiger partial charge in [-0.3, -0.25) is 9.89 Å². The molecule has 1 aliphatic heterocycles. The fraction of sp³-hybridized carbons (Fsp3) is 0.667. The molecule has 0 radical (unpaired) electrons. The van der Waals surface area contributed by atoms with Crippen LogP contribution in [-0.2, 0) is 4.74 Å². The second kappa shape index (κ2) is 14.0. The molecule has 0 bridgehead atoms. The molecule has 0 amide bonds. The van der Waals surface area contributed by atoms with Crippen LogP contribution in [0.3, 0.4) is 0 Å². The van der Waals surface area contributed by atoms with Crippen LogP contribution in [0.5, 0.6) is 5.75 Å². The maximum absolute atomic E-state index is 5.54. The van der Waals surface area contributed by atoms with Crippen molar-refractivity contribution < 1.29 is 9.47 Å². The third-order valence-corrected chi connectivity index (χ3v) is 4.77. The molecule has 1 heterocycles. The number of methoxy groups -OCH3 is 1. The highest BCUT2D eigenvalue weighted by atomic mass is 127. The predicted molar refractivity (Wildman–Crippen MR) is 127 cm³/mol. The van der Waals surface area contributed by atoms with Crippen molar-refractivity contribution in [3.63, 3.8) is 0 Å². The number of halogens is 1. The summed E-state index contributed by atoms with van der Waals surface area (Å²) in [6.07, 6.45) is 1.13. The van der Waals surface area contributed by atoms with Crippen molar-refractivity contribution in [2.45, 2.75) is 33.2 Å². The van der Waals surface area contributed by atoms with Gasteiger partial charge in [-0.2, -0.15) is 0 Å². The first kappa shape index (κ1) is 25.0. The number of hydrogen-bond acceptors (Lipinski definition) is 4. The minimum Gasteiger partial charge on any atom is -0.497 e. The van der Waals surface area contributed by atoms with Crippen molar-refractivity contribution in [3.8, 4) is 5.75 Å². The highest BCUT2D eigenvalue weighted by Gasteiger charge is 2.22. The van der Waals surface area contributed by atoms with Crippen molar-refractivity contribution in [1.29, 1.82) is 0 Å². The number of hydrogen-bond donors (Lipinski definition) is 2. The van der Waals surface area contributed by atoms with Crippen LogP contribution >= 0.6 is 24.0 Å². The van der Waals surface area contributed by atoms with Gasteiger partial charge < -0.3 is 20.1 Å². The molecule has 1 fully saturated rings. The molecule has 0 spiro atoms. The number of nitrogens with zero attached hydrogens (tertiary/aromatic N) is 2. The Morgan fingerprint density at radius 3 is 2.43 bits per heavy atom. The first-order valence-electron chi connectivity index (χ1n) is 10.1. The number of aliphatic imine (C=N–C) groups is 1. The lowest BCUT2D eigenvalue weighted by Gasteiger charge is -2.34. The quantitative estimate of drug-likeness (QED) is 0.307. The van der Waals surface area contributed by atoms with Crippen LogP contribution in [-0.4, -0.2) is 63.9 Å². The molecule has 7 heteroatoms. The lowest BCUT2D eigenvalue weighted by molar-refractivity contribution is 0.0179. The van der Waals surface area contributed by atoms with E-state index in [4.69, 9.17) is 14.5 Å². The Labute approximate surface area is 187 Å². The summed E-state index contributed by atoms with van der Waals surface area (Å²) in [5.74, 6) is 2.46. The summed E-state index contributed by atoms with van der Waals surface area (Å²) in [6, 6.07) is 8.58. The summed E-state index contributed by atoms with van der Waals surface area (Å²) in [7, 11) is 1.70. The van der Waals surface area contributed by atoms with E-state index in [9.17, 15) is 0 Å². The van der Waals surface area contributed by atoms with E-state index in [1.807, 2.05) is 12.1 Å². The van der Waals surface area contributed by atoms with E-state index in [1.54, 1.807) is 7.11 Å². The van der Waals surface area contributed by atoms with Crippen molar-refractivity contribution >= 4 is 29.9 Å². The zero-order chi connectivity index (χ0) is 19.5. The normalized spacial score (nSPS) is 16.4. The highest BCUT2D eigenvalue weighted by molar-refractivity contribution is 14.0. The van der Waals surface area contributed by atoms with E-state index in [1.165, 1.54) is 5.56 Å². The molecule has 2 N–H and O–H groups in total. The van der Waals surface area contributed by atoms with Crippen molar-refractivity contribution in [2.75, 3.05) is 53.0 Å². The molecule has 1 unspecified atom stereocenters.